The number of amides is 1. The van der Waals surface area contributed by atoms with Crippen LogP contribution in [0.4, 0.5) is 0 Å². The van der Waals surface area contributed by atoms with Gasteiger partial charge < -0.3 is 4.90 Å². The first-order valence-corrected chi connectivity index (χ1v) is 9.07. The summed E-state index contributed by atoms with van der Waals surface area (Å²) in [6, 6.07) is 6.03. The maximum absolute atomic E-state index is 12.3. The van der Waals surface area contributed by atoms with Crippen LogP contribution in [-0.2, 0) is 14.6 Å². The fourth-order valence-corrected chi connectivity index (χ4v) is 4.39. The highest BCUT2D eigenvalue weighted by Gasteiger charge is 2.29. The standard InChI is InChI=1S/C15H20ClNO3S/c1-11-6-12(2)9-17(8-11)15(18)10-21(19,20)14-5-3-4-13(16)7-14/h3-5,7,11-12H,6,8-10H2,1-2H3/t11-,12-/m1/s1. The van der Waals surface area contributed by atoms with Crippen LogP contribution >= 0.6 is 11.6 Å². The zero-order valence-corrected chi connectivity index (χ0v) is 13.8. The van der Waals surface area contributed by atoms with Crippen molar-refractivity contribution in [1.29, 1.82) is 0 Å². The predicted octanol–water partition coefficient (Wildman–Crippen LogP) is 2.62. The molecule has 0 N–H and O–H groups in total. The van der Waals surface area contributed by atoms with E-state index in [0.29, 0.717) is 29.9 Å². The summed E-state index contributed by atoms with van der Waals surface area (Å²) >= 11 is 5.81. The van der Waals surface area contributed by atoms with E-state index in [1.807, 2.05) is 0 Å². The first-order chi connectivity index (χ1) is 9.78. The highest BCUT2D eigenvalue weighted by atomic mass is 35.5. The third-order valence-corrected chi connectivity index (χ3v) is 5.52. The Bertz CT molecular complexity index is 620. The number of carbonyl (C=O) groups excluding carboxylic acids is 1. The molecule has 1 heterocycles. The molecule has 1 aliphatic heterocycles. The van der Waals surface area contributed by atoms with Crippen LogP contribution in [0.2, 0.25) is 5.02 Å². The van der Waals surface area contributed by atoms with Crippen LogP contribution in [0.25, 0.3) is 0 Å². The van der Waals surface area contributed by atoms with Gasteiger partial charge in [-0.3, -0.25) is 4.79 Å². The van der Waals surface area contributed by atoms with Gasteiger partial charge in [0.1, 0.15) is 5.75 Å². The van der Waals surface area contributed by atoms with E-state index >= 15 is 0 Å². The number of halogens is 1. The van der Waals surface area contributed by atoms with Crippen molar-refractivity contribution in [2.45, 2.75) is 25.2 Å². The van der Waals surface area contributed by atoms with Gasteiger partial charge in [0, 0.05) is 18.1 Å². The third kappa shape index (κ3) is 4.20. The maximum atomic E-state index is 12.3. The van der Waals surface area contributed by atoms with E-state index in [2.05, 4.69) is 13.8 Å². The van der Waals surface area contributed by atoms with Crippen molar-refractivity contribution in [2.75, 3.05) is 18.8 Å². The van der Waals surface area contributed by atoms with Gasteiger partial charge in [0.15, 0.2) is 9.84 Å². The van der Waals surface area contributed by atoms with E-state index in [0.717, 1.165) is 6.42 Å². The highest BCUT2D eigenvalue weighted by Crippen LogP contribution is 2.22. The topological polar surface area (TPSA) is 54.5 Å². The fourth-order valence-electron chi connectivity index (χ4n) is 2.86. The van der Waals surface area contributed by atoms with Crippen LogP contribution in [0.5, 0.6) is 0 Å². The van der Waals surface area contributed by atoms with Crippen molar-refractivity contribution in [3.8, 4) is 0 Å². The van der Waals surface area contributed by atoms with E-state index < -0.39 is 15.6 Å². The minimum absolute atomic E-state index is 0.0986. The van der Waals surface area contributed by atoms with Crippen molar-refractivity contribution in [2.24, 2.45) is 11.8 Å². The summed E-state index contributed by atoms with van der Waals surface area (Å²) in [6.07, 6.45) is 1.07. The largest absolute Gasteiger partial charge is 0.341 e. The van der Waals surface area contributed by atoms with E-state index in [1.165, 1.54) is 12.1 Å². The van der Waals surface area contributed by atoms with Crippen LogP contribution in [0.1, 0.15) is 20.3 Å². The van der Waals surface area contributed by atoms with Gasteiger partial charge in [-0.1, -0.05) is 31.5 Å². The molecule has 0 aliphatic carbocycles. The SMILES string of the molecule is C[C@@H]1C[C@@H](C)CN(C(=O)CS(=O)(=O)c2cccc(Cl)c2)C1. The number of piperidine rings is 1. The quantitative estimate of drug-likeness (QED) is 0.856. The van der Waals surface area contributed by atoms with Crippen molar-refractivity contribution in [3.63, 3.8) is 0 Å². The van der Waals surface area contributed by atoms with Crippen LogP contribution in [0.3, 0.4) is 0 Å². The molecule has 1 aromatic rings. The van der Waals surface area contributed by atoms with Gasteiger partial charge in [0.05, 0.1) is 4.90 Å². The molecule has 4 nitrogen and oxygen atoms in total. The molecule has 2 atom stereocenters. The van der Waals surface area contributed by atoms with Gasteiger partial charge in [0.2, 0.25) is 5.91 Å². The Hall–Kier alpha value is -1.07. The molecule has 0 aromatic heterocycles. The van der Waals surface area contributed by atoms with E-state index in [4.69, 9.17) is 11.6 Å². The summed E-state index contributed by atoms with van der Waals surface area (Å²) in [5.41, 5.74) is 0. The van der Waals surface area contributed by atoms with E-state index in [1.54, 1.807) is 17.0 Å². The number of hydrogen-bond acceptors (Lipinski definition) is 3. The first kappa shape index (κ1) is 16.3. The summed E-state index contributed by atoms with van der Waals surface area (Å²) in [5, 5.41) is 0.351. The van der Waals surface area contributed by atoms with Crippen molar-refractivity contribution in [1.82, 2.24) is 4.90 Å². The second kappa shape index (κ2) is 6.36. The number of hydrogen-bond donors (Lipinski definition) is 0. The second-order valence-corrected chi connectivity index (χ2v) is 8.39. The summed E-state index contributed by atoms with van der Waals surface area (Å²) < 4.78 is 24.6. The molecule has 0 unspecified atom stereocenters. The van der Waals surface area contributed by atoms with E-state index in [-0.39, 0.29) is 10.8 Å². The lowest BCUT2D eigenvalue weighted by molar-refractivity contribution is -0.131. The lowest BCUT2D eigenvalue weighted by Gasteiger charge is -2.35. The molecule has 1 amide bonds. The van der Waals surface area contributed by atoms with Crippen molar-refractivity contribution in [3.05, 3.63) is 29.3 Å². The minimum Gasteiger partial charge on any atom is -0.341 e. The molecule has 2 rings (SSSR count). The maximum Gasteiger partial charge on any atom is 0.238 e. The third-order valence-electron chi connectivity index (χ3n) is 3.69. The predicted molar refractivity (Wildman–Crippen MR) is 83.0 cm³/mol. The average Bonchev–Trinajstić information content (AvgIpc) is 2.37. The molecule has 1 aliphatic rings. The van der Waals surface area contributed by atoms with Gasteiger partial charge in [0.25, 0.3) is 0 Å². The molecule has 0 bridgehead atoms. The Labute approximate surface area is 131 Å². The Morgan fingerprint density at radius 2 is 1.90 bits per heavy atom. The lowest BCUT2D eigenvalue weighted by Crippen LogP contribution is -2.44. The molecule has 6 heteroatoms. The van der Waals surface area contributed by atoms with Crippen LogP contribution in [0, 0.1) is 11.8 Å². The zero-order chi connectivity index (χ0) is 15.6. The van der Waals surface area contributed by atoms with Gasteiger partial charge in [-0.2, -0.15) is 0 Å². The number of nitrogens with zero attached hydrogens (tertiary/aromatic N) is 1. The Morgan fingerprint density at radius 1 is 1.29 bits per heavy atom. The molecular weight excluding hydrogens is 310 g/mol. The van der Waals surface area contributed by atoms with Crippen molar-refractivity contribution < 1.29 is 13.2 Å². The number of rotatable bonds is 3. The summed E-state index contributed by atoms with van der Waals surface area (Å²) in [4.78, 5) is 14.0. The monoisotopic (exact) mass is 329 g/mol. The molecule has 0 spiro atoms. The van der Waals surface area contributed by atoms with Crippen LogP contribution in [0.15, 0.2) is 29.2 Å². The van der Waals surface area contributed by atoms with Gasteiger partial charge in [-0.25, -0.2) is 8.42 Å². The van der Waals surface area contributed by atoms with Crippen molar-refractivity contribution >= 4 is 27.3 Å². The smallest absolute Gasteiger partial charge is 0.238 e. The zero-order valence-electron chi connectivity index (χ0n) is 12.3. The van der Waals surface area contributed by atoms with Gasteiger partial charge >= 0.3 is 0 Å². The normalized spacial score (nSPS) is 23.1. The minimum atomic E-state index is -3.64. The van der Waals surface area contributed by atoms with E-state index in [9.17, 15) is 13.2 Å². The second-order valence-electron chi connectivity index (χ2n) is 5.96. The van der Waals surface area contributed by atoms with Crippen LogP contribution in [-0.4, -0.2) is 38.1 Å². The number of carbonyl (C=O) groups is 1. The molecule has 0 saturated carbocycles. The van der Waals surface area contributed by atoms with Gasteiger partial charge in [-0.05, 0) is 36.5 Å². The molecule has 1 fully saturated rings. The van der Waals surface area contributed by atoms with Gasteiger partial charge in [-0.15, -0.1) is 0 Å². The number of benzene rings is 1. The molecule has 1 saturated heterocycles. The Balaban J connectivity index is 2.11. The molecular formula is C15H20ClNO3S. The molecule has 1 aromatic carbocycles. The summed E-state index contributed by atoms with van der Waals surface area (Å²) in [5.74, 6) is -0.00112. The highest BCUT2D eigenvalue weighted by molar-refractivity contribution is 7.92. The summed E-state index contributed by atoms with van der Waals surface area (Å²) in [7, 11) is -3.64. The lowest BCUT2D eigenvalue weighted by atomic mass is 9.92. The molecule has 116 valence electrons. The fraction of sp³-hybridized carbons (Fsp3) is 0.533. The number of likely N-dealkylation sites (tertiary alicyclic amines) is 1. The first-order valence-electron chi connectivity index (χ1n) is 7.04. The molecule has 0 radical (unpaired) electrons. The Morgan fingerprint density at radius 3 is 2.48 bits per heavy atom. The average molecular weight is 330 g/mol. The molecule has 21 heavy (non-hydrogen) atoms. The number of sulfone groups is 1. The Kier molecular flexibility index (Phi) is 4.94. The summed E-state index contributed by atoms with van der Waals surface area (Å²) in [6.45, 7) is 5.44. The van der Waals surface area contributed by atoms with Crippen LogP contribution < -0.4 is 0 Å².